The number of ether oxygens (including phenoxy) is 1. The number of carbonyl (C=O) groups is 2. The van der Waals surface area contributed by atoms with Gasteiger partial charge in [0.05, 0.1) is 18.8 Å². The normalized spacial score (nSPS) is 21.3. The summed E-state index contributed by atoms with van der Waals surface area (Å²) in [5.74, 6) is -0.338. The molecule has 2 saturated heterocycles. The molecule has 0 atom stereocenters. The van der Waals surface area contributed by atoms with Crippen molar-refractivity contribution in [2.24, 2.45) is 0 Å². The van der Waals surface area contributed by atoms with Crippen LogP contribution in [0.2, 0.25) is 5.02 Å². The SMILES string of the molecule is O=C1C(c2ccc(Cl)cc2)=C(N2CCCC2)C(=O)N1CCCN1CCOCC1. The molecule has 1 aromatic carbocycles. The topological polar surface area (TPSA) is 53.1 Å². The van der Waals surface area contributed by atoms with E-state index in [0.717, 1.165) is 70.8 Å². The summed E-state index contributed by atoms with van der Waals surface area (Å²) < 4.78 is 5.37. The van der Waals surface area contributed by atoms with Crippen LogP contribution >= 0.6 is 11.6 Å². The maximum atomic E-state index is 13.2. The molecule has 150 valence electrons. The predicted molar refractivity (Wildman–Crippen MR) is 108 cm³/mol. The third kappa shape index (κ3) is 3.95. The highest BCUT2D eigenvalue weighted by Crippen LogP contribution is 2.33. The van der Waals surface area contributed by atoms with Crippen LogP contribution in [-0.2, 0) is 14.3 Å². The van der Waals surface area contributed by atoms with Gasteiger partial charge in [-0.05, 0) is 37.0 Å². The van der Waals surface area contributed by atoms with Gasteiger partial charge >= 0.3 is 0 Å². The van der Waals surface area contributed by atoms with Crippen LogP contribution in [-0.4, -0.2) is 79.0 Å². The molecule has 0 spiro atoms. The molecule has 3 aliphatic heterocycles. The zero-order valence-electron chi connectivity index (χ0n) is 16.0. The van der Waals surface area contributed by atoms with E-state index in [-0.39, 0.29) is 11.8 Å². The molecule has 2 amide bonds. The molecule has 0 saturated carbocycles. The molecule has 28 heavy (non-hydrogen) atoms. The van der Waals surface area contributed by atoms with E-state index in [0.29, 0.717) is 22.8 Å². The van der Waals surface area contributed by atoms with Crippen molar-refractivity contribution in [3.8, 4) is 0 Å². The molecule has 2 fully saturated rings. The number of benzene rings is 1. The van der Waals surface area contributed by atoms with Gasteiger partial charge in [0, 0.05) is 44.3 Å². The molecule has 4 rings (SSSR count). The molecule has 1 aromatic rings. The summed E-state index contributed by atoms with van der Waals surface area (Å²) in [4.78, 5) is 32.2. The number of nitrogens with zero attached hydrogens (tertiary/aromatic N) is 3. The Labute approximate surface area is 170 Å². The average Bonchev–Trinajstić information content (AvgIpc) is 3.31. The van der Waals surface area contributed by atoms with Crippen molar-refractivity contribution in [2.45, 2.75) is 19.3 Å². The fourth-order valence-corrected chi connectivity index (χ4v) is 4.28. The first-order valence-electron chi connectivity index (χ1n) is 10.1. The van der Waals surface area contributed by atoms with Crippen molar-refractivity contribution in [1.29, 1.82) is 0 Å². The Kier molecular flexibility index (Phi) is 5.99. The highest BCUT2D eigenvalue weighted by Gasteiger charge is 2.41. The smallest absolute Gasteiger partial charge is 0.277 e. The Morgan fingerprint density at radius 3 is 2.25 bits per heavy atom. The molecular weight excluding hydrogens is 378 g/mol. The summed E-state index contributed by atoms with van der Waals surface area (Å²) in [5, 5.41) is 0.617. The average molecular weight is 404 g/mol. The van der Waals surface area contributed by atoms with Gasteiger partial charge in [-0.15, -0.1) is 0 Å². The number of hydrogen-bond acceptors (Lipinski definition) is 5. The first-order valence-corrected chi connectivity index (χ1v) is 10.4. The second kappa shape index (κ2) is 8.64. The summed E-state index contributed by atoms with van der Waals surface area (Å²) in [6.45, 7) is 6.30. The van der Waals surface area contributed by atoms with Gasteiger partial charge in [0.25, 0.3) is 11.8 Å². The van der Waals surface area contributed by atoms with Gasteiger partial charge in [-0.2, -0.15) is 0 Å². The van der Waals surface area contributed by atoms with Crippen LogP contribution in [0.5, 0.6) is 0 Å². The summed E-state index contributed by atoms with van der Waals surface area (Å²) in [7, 11) is 0. The number of carbonyl (C=O) groups excluding carboxylic acids is 2. The van der Waals surface area contributed by atoms with Crippen LogP contribution in [0.25, 0.3) is 5.57 Å². The first kappa shape index (κ1) is 19.4. The van der Waals surface area contributed by atoms with Crippen molar-refractivity contribution in [1.82, 2.24) is 14.7 Å². The Bertz CT molecular complexity index is 766. The minimum Gasteiger partial charge on any atom is -0.379 e. The van der Waals surface area contributed by atoms with E-state index in [2.05, 4.69) is 9.80 Å². The Morgan fingerprint density at radius 2 is 1.57 bits per heavy atom. The molecule has 0 aromatic heterocycles. The summed E-state index contributed by atoms with van der Waals surface area (Å²) in [5.41, 5.74) is 1.85. The second-order valence-corrected chi connectivity index (χ2v) is 7.93. The minimum atomic E-state index is -0.184. The predicted octanol–water partition coefficient (Wildman–Crippen LogP) is 2.24. The van der Waals surface area contributed by atoms with Crippen LogP contribution < -0.4 is 0 Å². The summed E-state index contributed by atoms with van der Waals surface area (Å²) >= 11 is 6.02. The van der Waals surface area contributed by atoms with E-state index >= 15 is 0 Å². The third-order valence-corrected chi connectivity index (χ3v) is 5.91. The largest absolute Gasteiger partial charge is 0.379 e. The minimum absolute atomic E-state index is 0.154. The van der Waals surface area contributed by atoms with E-state index in [1.807, 2.05) is 12.1 Å². The van der Waals surface area contributed by atoms with Crippen molar-refractivity contribution < 1.29 is 14.3 Å². The quantitative estimate of drug-likeness (QED) is 0.682. The second-order valence-electron chi connectivity index (χ2n) is 7.49. The van der Waals surface area contributed by atoms with E-state index in [4.69, 9.17) is 16.3 Å². The highest BCUT2D eigenvalue weighted by molar-refractivity contribution is 6.36. The summed E-state index contributed by atoms with van der Waals surface area (Å²) in [6.07, 6.45) is 2.88. The van der Waals surface area contributed by atoms with Gasteiger partial charge in [-0.25, -0.2) is 0 Å². The van der Waals surface area contributed by atoms with Crippen LogP contribution in [0.1, 0.15) is 24.8 Å². The number of rotatable bonds is 6. The summed E-state index contributed by atoms with van der Waals surface area (Å²) in [6, 6.07) is 7.20. The maximum absolute atomic E-state index is 13.2. The van der Waals surface area contributed by atoms with Crippen molar-refractivity contribution >= 4 is 29.0 Å². The number of imide groups is 1. The van der Waals surface area contributed by atoms with Gasteiger partial charge < -0.3 is 9.64 Å². The lowest BCUT2D eigenvalue weighted by Gasteiger charge is -2.27. The Balaban J connectivity index is 1.52. The molecule has 0 N–H and O–H groups in total. The fourth-order valence-electron chi connectivity index (χ4n) is 4.15. The third-order valence-electron chi connectivity index (χ3n) is 5.66. The zero-order valence-corrected chi connectivity index (χ0v) is 16.8. The van der Waals surface area contributed by atoms with Crippen molar-refractivity contribution in [3.63, 3.8) is 0 Å². The molecular formula is C21H26ClN3O3. The van der Waals surface area contributed by atoms with Crippen molar-refractivity contribution in [2.75, 3.05) is 52.5 Å². The van der Waals surface area contributed by atoms with E-state index < -0.39 is 0 Å². The standard InChI is InChI=1S/C21H26ClN3O3/c22-17-6-4-16(5-7-17)18-19(24-9-1-2-10-24)21(27)25(20(18)26)11-3-8-23-12-14-28-15-13-23/h4-7H,1-3,8-15H2. The van der Waals surface area contributed by atoms with E-state index in [9.17, 15) is 9.59 Å². The van der Waals surface area contributed by atoms with Gasteiger partial charge in [0.15, 0.2) is 0 Å². The monoisotopic (exact) mass is 403 g/mol. The maximum Gasteiger partial charge on any atom is 0.277 e. The van der Waals surface area contributed by atoms with Crippen LogP contribution in [0.3, 0.4) is 0 Å². The lowest BCUT2D eigenvalue weighted by atomic mass is 10.0. The Hall–Kier alpha value is -1.89. The van der Waals surface area contributed by atoms with E-state index in [1.165, 1.54) is 4.90 Å². The van der Waals surface area contributed by atoms with E-state index in [1.54, 1.807) is 12.1 Å². The first-order chi connectivity index (χ1) is 13.6. The van der Waals surface area contributed by atoms with Crippen molar-refractivity contribution in [3.05, 3.63) is 40.5 Å². The number of likely N-dealkylation sites (tertiary alicyclic amines) is 1. The number of halogens is 1. The van der Waals surface area contributed by atoms with Crippen LogP contribution in [0.4, 0.5) is 0 Å². The molecule has 0 radical (unpaired) electrons. The fraction of sp³-hybridized carbons (Fsp3) is 0.524. The molecule has 3 aliphatic rings. The van der Waals surface area contributed by atoms with Crippen LogP contribution in [0.15, 0.2) is 30.0 Å². The highest BCUT2D eigenvalue weighted by atomic mass is 35.5. The van der Waals surface area contributed by atoms with Crippen LogP contribution in [0, 0.1) is 0 Å². The Morgan fingerprint density at radius 1 is 0.893 bits per heavy atom. The number of hydrogen-bond donors (Lipinski definition) is 0. The number of amides is 2. The molecule has 0 unspecified atom stereocenters. The lowest BCUT2D eigenvalue weighted by molar-refractivity contribution is -0.137. The van der Waals surface area contributed by atoms with Gasteiger partial charge in [-0.1, -0.05) is 23.7 Å². The molecule has 0 bridgehead atoms. The van der Waals surface area contributed by atoms with Gasteiger partial charge in [0.1, 0.15) is 5.70 Å². The molecule has 0 aliphatic carbocycles. The van der Waals surface area contributed by atoms with Gasteiger partial charge in [-0.3, -0.25) is 19.4 Å². The number of morpholine rings is 1. The zero-order chi connectivity index (χ0) is 19.5. The van der Waals surface area contributed by atoms with Gasteiger partial charge in [0.2, 0.25) is 0 Å². The molecule has 3 heterocycles. The molecule has 7 heteroatoms. The lowest BCUT2D eigenvalue weighted by Crippen LogP contribution is -2.40. The molecule has 6 nitrogen and oxygen atoms in total.